The highest BCUT2D eigenvalue weighted by molar-refractivity contribution is 14.1. The zero-order valence-electron chi connectivity index (χ0n) is 8.97. The van der Waals surface area contributed by atoms with E-state index in [1.54, 1.807) is 31.6 Å². The van der Waals surface area contributed by atoms with Crippen LogP contribution in [0, 0.1) is 7.40 Å². The number of nitrogens with zero attached hydrogens (tertiary/aromatic N) is 2. The van der Waals surface area contributed by atoms with E-state index >= 15 is 0 Å². The number of aromatic hydroxyl groups is 1. The van der Waals surface area contributed by atoms with Crippen LogP contribution in [0.4, 0.5) is 0 Å². The van der Waals surface area contributed by atoms with Gasteiger partial charge in [0.2, 0.25) is 0 Å². The lowest BCUT2D eigenvalue weighted by atomic mass is 10.5. The van der Waals surface area contributed by atoms with Crippen molar-refractivity contribution in [3.63, 3.8) is 0 Å². The molecule has 0 saturated heterocycles. The third kappa shape index (κ3) is 5.02. The molecule has 0 amide bonds. The molecule has 0 saturated carbocycles. The minimum atomic E-state index is 0.244. The number of halogens is 2. The third-order valence-corrected chi connectivity index (χ3v) is 3.33. The fraction of sp³-hybridized carbons (Fsp3) is 0.0909. The Morgan fingerprint density at radius 1 is 1.06 bits per heavy atom. The summed E-state index contributed by atoms with van der Waals surface area (Å²) >= 11 is 4.09. The lowest BCUT2D eigenvalue weighted by molar-refractivity contribution is 0.409. The van der Waals surface area contributed by atoms with Gasteiger partial charge in [0.25, 0.3) is 0 Å². The molecule has 6 heteroatoms. The van der Waals surface area contributed by atoms with Gasteiger partial charge >= 0.3 is 0 Å². The quantitative estimate of drug-likeness (QED) is 0.530. The van der Waals surface area contributed by atoms with Crippen LogP contribution in [0.2, 0.25) is 0 Å². The van der Waals surface area contributed by atoms with Crippen LogP contribution in [-0.2, 0) is 0 Å². The second kappa shape index (κ2) is 7.64. The van der Waals surface area contributed by atoms with Crippen LogP contribution < -0.4 is 4.74 Å². The van der Waals surface area contributed by atoms with E-state index in [-0.39, 0.29) is 5.75 Å². The molecule has 0 atom stereocenters. The normalized spacial score (nSPS) is 9.12. The highest BCUT2D eigenvalue weighted by Crippen LogP contribution is 2.15. The summed E-state index contributed by atoms with van der Waals surface area (Å²) in [7, 11) is 1.64. The fourth-order valence-electron chi connectivity index (χ4n) is 0.901. The number of rotatable bonds is 1. The topological polar surface area (TPSA) is 55.2 Å². The van der Waals surface area contributed by atoms with Gasteiger partial charge in [0.15, 0.2) is 5.75 Å². The summed E-state index contributed by atoms with van der Waals surface area (Å²) in [5.41, 5.74) is 0. The standard InChI is InChI=1S/C6H6INO.C5H4INO/c1-9-5-3-2-4-8-6(5)7;6-5-4(8)2-1-3-7-5/h2-4H,1H3;1-3,8H. The highest BCUT2D eigenvalue weighted by atomic mass is 127. The smallest absolute Gasteiger partial charge is 0.150 e. The van der Waals surface area contributed by atoms with Crippen molar-refractivity contribution in [1.82, 2.24) is 9.97 Å². The monoisotopic (exact) mass is 456 g/mol. The molecule has 0 aliphatic carbocycles. The molecular weight excluding hydrogens is 446 g/mol. The second-order valence-corrected chi connectivity index (χ2v) is 4.85. The molecule has 2 rings (SSSR count). The Balaban J connectivity index is 0.000000171. The summed E-state index contributed by atoms with van der Waals surface area (Å²) in [4.78, 5) is 7.83. The maximum Gasteiger partial charge on any atom is 0.150 e. The molecule has 0 bridgehead atoms. The summed E-state index contributed by atoms with van der Waals surface area (Å²) in [5.74, 6) is 1.08. The van der Waals surface area contributed by atoms with Gasteiger partial charge in [-0.1, -0.05) is 0 Å². The van der Waals surface area contributed by atoms with E-state index in [2.05, 4.69) is 32.6 Å². The van der Waals surface area contributed by atoms with E-state index in [0.717, 1.165) is 9.45 Å². The molecule has 0 aliphatic heterocycles. The van der Waals surface area contributed by atoms with E-state index in [1.165, 1.54) is 0 Å². The molecule has 0 spiro atoms. The Labute approximate surface area is 127 Å². The van der Waals surface area contributed by atoms with Gasteiger partial charge in [-0.25, -0.2) is 9.97 Å². The van der Waals surface area contributed by atoms with Gasteiger partial charge in [0.1, 0.15) is 13.2 Å². The maximum absolute atomic E-state index is 8.85. The van der Waals surface area contributed by atoms with Crippen molar-refractivity contribution < 1.29 is 9.84 Å². The third-order valence-electron chi connectivity index (χ3n) is 1.68. The average molecular weight is 456 g/mol. The minimum absolute atomic E-state index is 0.244. The van der Waals surface area contributed by atoms with Crippen molar-refractivity contribution in [2.75, 3.05) is 7.11 Å². The van der Waals surface area contributed by atoms with E-state index < -0.39 is 0 Å². The zero-order valence-corrected chi connectivity index (χ0v) is 13.3. The zero-order chi connectivity index (χ0) is 12.7. The lowest BCUT2D eigenvalue weighted by Gasteiger charge is -1.98. The summed E-state index contributed by atoms with van der Waals surface area (Å²) in [6.45, 7) is 0. The van der Waals surface area contributed by atoms with Gasteiger partial charge in [0.05, 0.1) is 7.11 Å². The molecule has 1 N–H and O–H groups in total. The van der Waals surface area contributed by atoms with Crippen molar-refractivity contribution in [2.45, 2.75) is 0 Å². The molecule has 4 nitrogen and oxygen atoms in total. The van der Waals surface area contributed by atoms with Gasteiger partial charge in [-0.2, -0.15) is 0 Å². The predicted octanol–water partition coefficient (Wildman–Crippen LogP) is 3.09. The van der Waals surface area contributed by atoms with Crippen molar-refractivity contribution in [2.24, 2.45) is 0 Å². The van der Waals surface area contributed by atoms with Crippen molar-refractivity contribution in [1.29, 1.82) is 0 Å². The van der Waals surface area contributed by atoms with Crippen LogP contribution in [0.5, 0.6) is 11.5 Å². The molecule has 0 fully saturated rings. The highest BCUT2D eigenvalue weighted by Gasteiger charge is 1.94. The minimum Gasteiger partial charge on any atom is -0.505 e. The predicted molar refractivity (Wildman–Crippen MR) is 82.1 cm³/mol. The molecule has 2 aromatic heterocycles. The number of ether oxygens (including phenoxy) is 1. The second-order valence-electron chi connectivity index (χ2n) is 2.81. The fourth-order valence-corrected chi connectivity index (χ4v) is 1.80. The molecule has 17 heavy (non-hydrogen) atoms. The van der Waals surface area contributed by atoms with Gasteiger partial charge in [-0.3, -0.25) is 0 Å². The maximum atomic E-state index is 8.85. The first-order valence-corrected chi connectivity index (χ1v) is 6.75. The van der Waals surface area contributed by atoms with E-state index in [4.69, 9.17) is 9.84 Å². The van der Waals surface area contributed by atoms with Gasteiger partial charge in [0, 0.05) is 12.4 Å². The molecule has 0 radical (unpaired) electrons. The Morgan fingerprint density at radius 3 is 2.00 bits per heavy atom. The van der Waals surface area contributed by atoms with E-state index in [1.807, 2.05) is 34.7 Å². The molecule has 2 heterocycles. The van der Waals surface area contributed by atoms with Gasteiger partial charge in [-0.15, -0.1) is 0 Å². The molecule has 0 aromatic carbocycles. The largest absolute Gasteiger partial charge is 0.505 e. The van der Waals surface area contributed by atoms with Crippen LogP contribution in [-0.4, -0.2) is 22.2 Å². The van der Waals surface area contributed by atoms with Crippen LogP contribution in [0.15, 0.2) is 36.7 Å². The molecule has 0 aliphatic rings. The van der Waals surface area contributed by atoms with Crippen molar-refractivity contribution >= 4 is 45.2 Å². The molecule has 0 unspecified atom stereocenters. The van der Waals surface area contributed by atoms with Crippen LogP contribution >= 0.6 is 45.2 Å². The number of aromatic nitrogens is 2. The van der Waals surface area contributed by atoms with Crippen LogP contribution in [0.1, 0.15) is 0 Å². The average Bonchev–Trinajstić information content (AvgIpc) is 2.34. The SMILES string of the molecule is COc1cccnc1I.Oc1cccnc1I. The number of hydrogen-bond acceptors (Lipinski definition) is 4. The van der Waals surface area contributed by atoms with Crippen molar-refractivity contribution in [3.05, 3.63) is 44.1 Å². The summed E-state index contributed by atoms with van der Waals surface area (Å²) < 4.78 is 6.52. The number of methoxy groups -OCH3 is 1. The number of hydrogen-bond donors (Lipinski definition) is 1. The summed E-state index contributed by atoms with van der Waals surface area (Å²) in [6.07, 6.45) is 3.38. The Kier molecular flexibility index (Phi) is 6.48. The molecule has 90 valence electrons. The lowest BCUT2D eigenvalue weighted by Crippen LogP contribution is -1.87. The molecular formula is C11H10I2N2O2. The first-order valence-electron chi connectivity index (χ1n) is 4.59. The number of pyridine rings is 2. The summed E-state index contributed by atoms with van der Waals surface area (Å²) in [5, 5.41) is 8.85. The van der Waals surface area contributed by atoms with Crippen LogP contribution in [0.25, 0.3) is 0 Å². The first-order chi connectivity index (χ1) is 8.15. The van der Waals surface area contributed by atoms with Crippen molar-refractivity contribution in [3.8, 4) is 11.5 Å². The van der Waals surface area contributed by atoms with Gasteiger partial charge < -0.3 is 9.84 Å². The Morgan fingerprint density at radius 2 is 1.65 bits per heavy atom. The Hall–Kier alpha value is -0.640. The first kappa shape index (κ1) is 14.4. The van der Waals surface area contributed by atoms with Crippen LogP contribution in [0.3, 0.4) is 0 Å². The van der Waals surface area contributed by atoms with E-state index in [9.17, 15) is 0 Å². The van der Waals surface area contributed by atoms with Gasteiger partial charge in [-0.05, 0) is 69.4 Å². The molecule has 2 aromatic rings. The van der Waals surface area contributed by atoms with E-state index in [0.29, 0.717) is 3.70 Å². The summed E-state index contributed by atoms with van der Waals surface area (Å²) in [6, 6.07) is 7.03. The Bertz CT molecular complexity index is 460.